The molecule has 0 saturated heterocycles. The van der Waals surface area contributed by atoms with E-state index in [4.69, 9.17) is 9.05 Å². The molecule has 71 heavy (non-hydrogen) atoms. The number of nitrogens with zero attached hydrogens (tertiary/aromatic N) is 1. The molecule has 0 fully saturated rings. The standard InChI is InChI=1S/C62H125N2O6P/c1-6-8-10-12-14-16-18-20-22-24-25-26-27-28-29-30-31-32-33-34-35-36-37-38-39-40-42-44-46-48-50-52-54-56-62(66)63-60(59-70-71(67,68)69-58-57-64(3,4)5)61(65)55-53-51-49-47-45-43-41-23-21-19-17-15-13-11-9-7-2/h28-29,60-61,65H,6-27,30-59H2,1-5H3,(H-,63,66,67,68)/b29-28-. The van der Waals surface area contributed by atoms with Gasteiger partial charge in [0.1, 0.15) is 13.2 Å². The van der Waals surface area contributed by atoms with Crippen molar-refractivity contribution in [3.63, 3.8) is 0 Å². The van der Waals surface area contributed by atoms with Crippen molar-refractivity contribution in [2.45, 2.75) is 341 Å². The minimum Gasteiger partial charge on any atom is -0.756 e. The molecule has 3 atom stereocenters. The van der Waals surface area contributed by atoms with Gasteiger partial charge >= 0.3 is 0 Å². The Kier molecular flexibility index (Phi) is 53.5. The minimum atomic E-state index is -4.57. The minimum absolute atomic E-state index is 0.0154. The van der Waals surface area contributed by atoms with E-state index in [1.807, 2.05) is 21.1 Å². The van der Waals surface area contributed by atoms with Crippen molar-refractivity contribution in [1.82, 2.24) is 5.32 Å². The van der Waals surface area contributed by atoms with Crippen LogP contribution >= 0.6 is 7.82 Å². The zero-order valence-electron chi connectivity index (χ0n) is 48.5. The van der Waals surface area contributed by atoms with Crippen molar-refractivity contribution in [2.24, 2.45) is 0 Å². The predicted molar refractivity (Wildman–Crippen MR) is 307 cm³/mol. The molecule has 0 heterocycles. The van der Waals surface area contributed by atoms with E-state index in [2.05, 4.69) is 31.3 Å². The number of quaternary nitrogens is 1. The highest BCUT2D eigenvalue weighted by Crippen LogP contribution is 2.38. The summed E-state index contributed by atoms with van der Waals surface area (Å²) in [6.07, 6.45) is 67.0. The van der Waals surface area contributed by atoms with Crippen molar-refractivity contribution in [2.75, 3.05) is 40.9 Å². The Morgan fingerprint density at radius 1 is 0.479 bits per heavy atom. The fraction of sp³-hybridized carbons (Fsp3) is 0.952. The lowest BCUT2D eigenvalue weighted by molar-refractivity contribution is -0.870. The summed E-state index contributed by atoms with van der Waals surface area (Å²) in [5.41, 5.74) is 0. The maximum atomic E-state index is 13.0. The average molecular weight is 1030 g/mol. The normalized spacial score (nSPS) is 13.8. The quantitative estimate of drug-likeness (QED) is 0.0272. The Hall–Kier alpha value is -0.760. The summed E-state index contributed by atoms with van der Waals surface area (Å²) < 4.78 is 23.4. The molecule has 0 aliphatic rings. The van der Waals surface area contributed by atoms with Gasteiger partial charge in [-0.1, -0.05) is 296 Å². The van der Waals surface area contributed by atoms with E-state index in [0.29, 0.717) is 23.9 Å². The van der Waals surface area contributed by atoms with Gasteiger partial charge in [0.15, 0.2) is 0 Å². The van der Waals surface area contributed by atoms with Crippen molar-refractivity contribution in [1.29, 1.82) is 0 Å². The third-order valence-corrected chi connectivity index (χ3v) is 15.7. The maximum Gasteiger partial charge on any atom is 0.268 e. The topological polar surface area (TPSA) is 108 Å². The molecule has 0 rings (SSSR count). The van der Waals surface area contributed by atoms with Crippen LogP contribution in [0.1, 0.15) is 328 Å². The number of carbonyl (C=O) groups is 1. The molecule has 424 valence electrons. The third-order valence-electron chi connectivity index (χ3n) is 14.8. The van der Waals surface area contributed by atoms with E-state index in [0.717, 1.165) is 38.5 Å². The number of amides is 1. The summed E-state index contributed by atoms with van der Waals surface area (Å²) in [4.78, 5) is 25.5. The number of phosphoric ester groups is 1. The zero-order valence-corrected chi connectivity index (χ0v) is 49.4. The molecular weight excluding hydrogens is 900 g/mol. The van der Waals surface area contributed by atoms with Crippen molar-refractivity contribution < 1.29 is 32.9 Å². The molecule has 0 aromatic carbocycles. The number of likely N-dealkylation sites (N-methyl/N-ethyl adjacent to an activating group) is 1. The molecule has 0 aliphatic carbocycles. The summed E-state index contributed by atoms with van der Waals surface area (Å²) in [5.74, 6) is -0.158. The first-order valence-electron chi connectivity index (χ1n) is 31.5. The highest BCUT2D eigenvalue weighted by molar-refractivity contribution is 7.45. The lowest BCUT2D eigenvalue weighted by Crippen LogP contribution is -2.46. The first kappa shape index (κ1) is 70.2. The largest absolute Gasteiger partial charge is 0.756 e. The van der Waals surface area contributed by atoms with Gasteiger partial charge < -0.3 is 28.8 Å². The van der Waals surface area contributed by atoms with Gasteiger partial charge in [0.05, 0.1) is 39.9 Å². The summed E-state index contributed by atoms with van der Waals surface area (Å²) in [5, 5.41) is 14.0. The molecule has 0 saturated carbocycles. The summed E-state index contributed by atoms with van der Waals surface area (Å²) in [6.45, 7) is 4.77. The van der Waals surface area contributed by atoms with E-state index in [9.17, 15) is 19.4 Å². The molecule has 1 amide bonds. The smallest absolute Gasteiger partial charge is 0.268 e. The number of hydrogen-bond donors (Lipinski definition) is 2. The number of aliphatic hydroxyl groups is 1. The van der Waals surface area contributed by atoms with Gasteiger partial charge in [0.2, 0.25) is 5.91 Å². The van der Waals surface area contributed by atoms with Crippen LogP contribution in [0.4, 0.5) is 0 Å². The summed E-state index contributed by atoms with van der Waals surface area (Å²) in [6, 6.07) is -0.797. The molecule has 0 aromatic heterocycles. The second kappa shape index (κ2) is 54.0. The van der Waals surface area contributed by atoms with E-state index in [1.165, 1.54) is 263 Å². The first-order valence-corrected chi connectivity index (χ1v) is 33.0. The molecule has 0 spiro atoms. The number of unbranched alkanes of at least 4 members (excludes halogenated alkanes) is 44. The molecule has 9 heteroatoms. The van der Waals surface area contributed by atoms with E-state index < -0.39 is 20.0 Å². The second-order valence-electron chi connectivity index (χ2n) is 23.1. The maximum absolute atomic E-state index is 13.0. The van der Waals surface area contributed by atoms with E-state index in [-0.39, 0.29) is 19.1 Å². The Balaban J connectivity index is 3.97. The number of rotatable bonds is 59. The predicted octanol–water partition coefficient (Wildman–Crippen LogP) is 18.8. The fourth-order valence-corrected chi connectivity index (χ4v) is 10.5. The third kappa shape index (κ3) is 56.8. The van der Waals surface area contributed by atoms with Gasteiger partial charge in [-0.2, -0.15) is 0 Å². The van der Waals surface area contributed by atoms with Gasteiger partial charge in [0, 0.05) is 6.42 Å². The molecule has 2 N–H and O–H groups in total. The lowest BCUT2D eigenvalue weighted by atomic mass is 10.0. The van der Waals surface area contributed by atoms with Gasteiger partial charge in [-0.05, 0) is 38.5 Å². The number of aliphatic hydroxyl groups excluding tert-OH is 1. The molecule has 0 radical (unpaired) electrons. The summed E-state index contributed by atoms with van der Waals surface area (Å²) >= 11 is 0. The lowest BCUT2D eigenvalue weighted by Gasteiger charge is -2.30. The van der Waals surface area contributed by atoms with Crippen LogP contribution in [0.3, 0.4) is 0 Å². The van der Waals surface area contributed by atoms with Gasteiger partial charge in [0.25, 0.3) is 7.82 Å². The van der Waals surface area contributed by atoms with E-state index in [1.54, 1.807) is 0 Å². The molecule has 0 aromatic rings. The first-order chi connectivity index (χ1) is 34.5. The Morgan fingerprint density at radius 2 is 0.775 bits per heavy atom. The number of hydrogen-bond acceptors (Lipinski definition) is 6. The van der Waals surface area contributed by atoms with Gasteiger partial charge in [-0.25, -0.2) is 0 Å². The molecule has 3 unspecified atom stereocenters. The van der Waals surface area contributed by atoms with Crippen molar-refractivity contribution >= 4 is 13.7 Å². The van der Waals surface area contributed by atoms with Crippen molar-refractivity contribution in [3.05, 3.63) is 12.2 Å². The van der Waals surface area contributed by atoms with Gasteiger partial charge in [-0.15, -0.1) is 0 Å². The number of carbonyl (C=O) groups excluding carboxylic acids is 1. The highest BCUT2D eigenvalue weighted by Gasteiger charge is 2.24. The van der Waals surface area contributed by atoms with Crippen LogP contribution in [0.15, 0.2) is 12.2 Å². The Morgan fingerprint density at radius 3 is 1.10 bits per heavy atom. The molecular formula is C62H125N2O6P. The average Bonchev–Trinajstić information content (AvgIpc) is 3.33. The van der Waals surface area contributed by atoms with Gasteiger partial charge in [-0.3, -0.25) is 9.36 Å². The number of allylic oxidation sites excluding steroid dienone is 2. The highest BCUT2D eigenvalue weighted by atomic mass is 31.2. The monoisotopic (exact) mass is 1020 g/mol. The summed E-state index contributed by atoms with van der Waals surface area (Å²) in [7, 11) is 1.32. The molecule has 8 nitrogen and oxygen atoms in total. The molecule has 0 bridgehead atoms. The SMILES string of the molecule is CCCCCCCCCCCCCC/C=C\CCCCCCCCCCCCCCCCCCCC(=O)NC(COP(=O)([O-])OCC[N+](C)(C)C)C(O)CCCCCCCCCCCCCCCCCC. The number of nitrogens with one attached hydrogen (secondary N) is 1. The van der Waals surface area contributed by atoms with Crippen LogP contribution in [0.2, 0.25) is 0 Å². The van der Waals surface area contributed by atoms with Crippen LogP contribution in [0.25, 0.3) is 0 Å². The Bertz CT molecular complexity index is 1160. The van der Waals surface area contributed by atoms with Crippen molar-refractivity contribution in [3.8, 4) is 0 Å². The van der Waals surface area contributed by atoms with Crippen LogP contribution in [-0.4, -0.2) is 68.5 Å². The number of phosphoric acid groups is 1. The zero-order chi connectivity index (χ0) is 52.0. The van der Waals surface area contributed by atoms with Crippen LogP contribution in [0, 0.1) is 0 Å². The van der Waals surface area contributed by atoms with Crippen LogP contribution in [0.5, 0.6) is 0 Å². The van der Waals surface area contributed by atoms with Crippen LogP contribution in [-0.2, 0) is 18.4 Å². The van der Waals surface area contributed by atoms with E-state index >= 15 is 0 Å². The fourth-order valence-electron chi connectivity index (χ4n) is 9.80. The Labute approximate surface area is 443 Å². The van der Waals surface area contributed by atoms with Crippen LogP contribution < -0.4 is 10.2 Å². The molecule has 0 aliphatic heterocycles. The second-order valence-corrected chi connectivity index (χ2v) is 24.5.